The molecule has 0 radical (unpaired) electrons. The number of rotatable bonds is 1. The molecular formula is C10H12ClNO4. The molecular weight excluding hydrogens is 234 g/mol. The first-order chi connectivity index (χ1) is 7.20. The highest BCUT2D eigenvalue weighted by Crippen LogP contribution is 2.17. The summed E-state index contributed by atoms with van der Waals surface area (Å²) in [5.74, 6) is -1.24. The molecule has 1 heterocycles. The Kier molecular flexibility index (Phi) is 3.28. The third-order valence-corrected chi connectivity index (χ3v) is 1.80. The topological polar surface area (TPSA) is 68.5 Å². The molecule has 0 aromatic carbocycles. The summed E-state index contributed by atoms with van der Waals surface area (Å²) in [7, 11) is 0. The van der Waals surface area contributed by atoms with Gasteiger partial charge in [0.1, 0.15) is 11.3 Å². The van der Waals surface area contributed by atoms with Crippen molar-refractivity contribution in [2.24, 2.45) is 0 Å². The van der Waals surface area contributed by atoms with Gasteiger partial charge in [0.25, 0.3) is 0 Å². The highest BCUT2D eigenvalue weighted by Gasteiger charge is 2.22. The molecule has 0 aliphatic rings. The van der Waals surface area contributed by atoms with Crippen molar-refractivity contribution in [2.45, 2.75) is 26.4 Å². The molecule has 1 aromatic rings. The smallest absolute Gasteiger partial charge is 0.419 e. The van der Waals surface area contributed by atoms with Crippen LogP contribution >= 0.6 is 11.6 Å². The SMILES string of the molecule is CC(C)(C)OC(=O)n1cc(Cl)cc1C(=O)O. The molecule has 0 bridgehead atoms. The zero-order chi connectivity index (χ0) is 12.5. The van der Waals surface area contributed by atoms with Gasteiger partial charge in [0.15, 0.2) is 0 Å². The van der Waals surface area contributed by atoms with Gasteiger partial charge in [-0.15, -0.1) is 0 Å². The highest BCUT2D eigenvalue weighted by atomic mass is 35.5. The summed E-state index contributed by atoms with van der Waals surface area (Å²) < 4.78 is 5.90. The lowest BCUT2D eigenvalue weighted by Gasteiger charge is -2.19. The van der Waals surface area contributed by atoms with Crippen LogP contribution in [0.3, 0.4) is 0 Å². The van der Waals surface area contributed by atoms with E-state index in [4.69, 9.17) is 21.4 Å². The number of carbonyl (C=O) groups is 2. The van der Waals surface area contributed by atoms with E-state index in [1.165, 1.54) is 12.3 Å². The summed E-state index contributed by atoms with van der Waals surface area (Å²) >= 11 is 5.63. The summed E-state index contributed by atoms with van der Waals surface area (Å²) in [5.41, 5.74) is -0.914. The highest BCUT2D eigenvalue weighted by molar-refractivity contribution is 6.31. The third kappa shape index (κ3) is 3.00. The van der Waals surface area contributed by atoms with E-state index >= 15 is 0 Å². The van der Waals surface area contributed by atoms with Crippen LogP contribution in [0, 0.1) is 0 Å². The van der Waals surface area contributed by atoms with Gasteiger partial charge in [-0.3, -0.25) is 0 Å². The summed E-state index contributed by atoms with van der Waals surface area (Å²) in [6.45, 7) is 5.07. The lowest BCUT2D eigenvalue weighted by atomic mass is 10.2. The van der Waals surface area contributed by atoms with Crippen molar-refractivity contribution in [2.75, 3.05) is 0 Å². The second kappa shape index (κ2) is 4.17. The van der Waals surface area contributed by atoms with Gasteiger partial charge in [0, 0.05) is 6.20 Å². The van der Waals surface area contributed by atoms with Gasteiger partial charge >= 0.3 is 12.1 Å². The van der Waals surface area contributed by atoms with E-state index in [0.717, 1.165) is 4.57 Å². The quantitative estimate of drug-likeness (QED) is 0.826. The lowest BCUT2D eigenvalue weighted by molar-refractivity contribution is 0.0506. The maximum atomic E-state index is 11.6. The predicted octanol–water partition coefficient (Wildman–Crippen LogP) is 2.62. The van der Waals surface area contributed by atoms with E-state index < -0.39 is 17.7 Å². The molecule has 0 amide bonds. The molecule has 88 valence electrons. The number of aromatic nitrogens is 1. The molecule has 0 spiro atoms. The zero-order valence-corrected chi connectivity index (χ0v) is 9.91. The van der Waals surface area contributed by atoms with E-state index in [0.29, 0.717) is 0 Å². The number of hydrogen-bond donors (Lipinski definition) is 1. The summed E-state index contributed by atoms with van der Waals surface area (Å²) in [5, 5.41) is 9.01. The van der Waals surface area contributed by atoms with Crippen molar-refractivity contribution in [1.29, 1.82) is 0 Å². The van der Waals surface area contributed by atoms with E-state index in [-0.39, 0.29) is 10.7 Å². The van der Waals surface area contributed by atoms with E-state index in [1.807, 2.05) is 0 Å². The van der Waals surface area contributed by atoms with E-state index in [1.54, 1.807) is 20.8 Å². The number of aromatic carboxylic acids is 1. The Bertz CT molecular complexity index is 431. The Labute approximate surface area is 97.6 Å². The van der Waals surface area contributed by atoms with Gasteiger partial charge in [-0.2, -0.15) is 0 Å². The zero-order valence-electron chi connectivity index (χ0n) is 9.15. The van der Waals surface area contributed by atoms with Crippen molar-refractivity contribution in [3.8, 4) is 0 Å². The molecule has 0 unspecified atom stereocenters. The van der Waals surface area contributed by atoms with Crippen LogP contribution in [0.5, 0.6) is 0 Å². The Hall–Kier alpha value is -1.49. The first-order valence-corrected chi connectivity index (χ1v) is 4.93. The van der Waals surface area contributed by atoms with Gasteiger partial charge in [-0.1, -0.05) is 11.6 Å². The molecule has 0 saturated carbocycles. The fourth-order valence-electron chi connectivity index (χ4n) is 1.06. The molecule has 5 nitrogen and oxygen atoms in total. The number of hydrogen-bond acceptors (Lipinski definition) is 3. The molecule has 1 aromatic heterocycles. The van der Waals surface area contributed by atoms with Crippen LogP contribution in [0.1, 0.15) is 31.3 Å². The average Bonchev–Trinajstić information content (AvgIpc) is 2.44. The molecule has 6 heteroatoms. The number of ether oxygens (including phenoxy) is 1. The van der Waals surface area contributed by atoms with Gasteiger partial charge in [0.05, 0.1) is 5.02 Å². The number of carboxylic acids is 1. The fraction of sp³-hybridized carbons (Fsp3) is 0.400. The normalized spacial score (nSPS) is 11.2. The number of halogens is 1. The van der Waals surface area contributed by atoms with Gasteiger partial charge in [-0.25, -0.2) is 14.2 Å². The van der Waals surface area contributed by atoms with Crippen LogP contribution in [0.2, 0.25) is 5.02 Å². The van der Waals surface area contributed by atoms with Crippen LogP contribution in [0.25, 0.3) is 0 Å². The molecule has 16 heavy (non-hydrogen) atoms. The first-order valence-electron chi connectivity index (χ1n) is 4.55. The minimum atomic E-state index is -1.24. The second-order valence-corrected chi connectivity index (χ2v) is 4.64. The second-order valence-electron chi connectivity index (χ2n) is 4.20. The van der Waals surface area contributed by atoms with Crippen LogP contribution in [0.4, 0.5) is 4.79 Å². The van der Waals surface area contributed by atoms with Gasteiger partial charge in [0.2, 0.25) is 0 Å². The van der Waals surface area contributed by atoms with E-state index in [9.17, 15) is 9.59 Å². The molecule has 1 N–H and O–H groups in total. The van der Waals surface area contributed by atoms with Crippen molar-refractivity contribution in [3.05, 3.63) is 23.0 Å². The standard InChI is InChI=1S/C10H12ClNO4/c1-10(2,3)16-9(15)12-5-6(11)4-7(12)8(13)14/h4-5H,1-3H3,(H,13,14). The Morgan fingerprint density at radius 3 is 2.44 bits per heavy atom. The summed E-state index contributed by atoms with van der Waals surface area (Å²) in [4.78, 5) is 22.4. The maximum Gasteiger partial charge on any atom is 0.419 e. The molecule has 0 aliphatic carbocycles. The largest absolute Gasteiger partial charge is 0.477 e. The molecule has 0 atom stereocenters. The van der Waals surface area contributed by atoms with Crippen LogP contribution < -0.4 is 0 Å². The molecule has 0 fully saturated rings. The summed E-state index contributed by atoms with van der Waals surface area (Å²) in [6.07, 6.45) is 0.441. The summed E-state index contributed by atoms with van der Waals surface area (Å²) in [6, 6.07) is 1.19. The Morgan fingerprint density at radius 2 is 2.00 bits per heavy atom. The molecule has 0 aliphatic heterocycles. The van der Waals surface area contributed by atoms with Gasteiger partial charge in [-0.05, 0) is 26.8 Å². The first kappa shape index (κ1) is 12.6. The van der Waals surface area contributed by atoms with Crippen LogP contribution in [0.15, 0.2) is 12.3 Å². The third-order valence-electron chi connectivity index (χ3n) is 1.60. The van der Waals surface area contributed by atoms with Crippen LogP contribution in [-0.4, -0.2) is 27.3 Å². The van der Waals surface area contributed by atoms with E-state index in [2.05, 4.69) is 0 Å². The van der Waals surface area contributed by atoms with Crippen molar-refractivity contribution in [3.63, 3.8) is 0 Å². The fourth-order valence-corrected chi connectivity index (χ4v) is 1.26. The maximum absolute atomic E-state index is 11.6. The molecule has 1 rings (SSSR count). The lowest BCUT2D eigenvalue weighted by Crippen LogP contribution is -2.28. The van der Waals surface area contributed by atoms with Crippen LogP contribution in [-0.2, 0) is 4.74 Å². The molecule has 0 saturated heterocycles. The van der Waals surface area contributed by atoms with Crippen molar-refractivity contribution in [1.82, 2.24) is 4.57 Å². The predicted molar refractivity (Wildman–Crippen MR) is 58.0 cm³/mol. The van der Waals surface area contributed by atoms with Crippen molar-refractivity contribution >= 4 is 23.7 Å². The number of nitrogens with zero attached hydrogens (tertiary/aromatic N) is 1. The minimum absolute atomic E-state index is 0.170. The average molecular weight is 246 g/mol. The van der Waals surface area contributed by atoms with Gasteiger partial charge < -0.3 is 9.84 Å². The number of carbonyl (C=O) groups excluding carboxylic acids is 1. The van der Waals surface area contributed by atoms with Crippen molar-refractivity contribution < 1.29 is 19.4 Å². The minimum Gasteiger partial charge on any atom is -0.477 e. The monoisotopic (exact) mass is 245 g/mol. The Balaban J connectivity index is 3.04. The Morgan fingerprint density at radius 1 is 1.44 bits per heavy atom. The number of carboxylic acid groups (broad SMARTS) is 1.